The van der Waals surface area contributed by atoms with Crippen molar-refractivity contribution in [3.8, 4) is 0 Å². The summed E-state index contributed by atoms with van der Waals surface area (Å²) in [7, 11) is 0. The number of piperazine rings is 1. The average molecular weight is 283 g/mol. The molecule has 0 amide bonds. The van der Waals surface area contributed by atoms with Crippen LogP contribution in [0.4, 0.5) is 0 Å². The van der Waals surface area contributed by atoms with E-state index in [1.54, 1.807) is 0 Å². The molecule has 3 heteroatoms. The number of benzene rings is 1. The van der Waals surface area contributed by atoms with E-state index in [1.165, 1.54) is 11.1 Å². The summed E-state index contributed by atoms with van der Waals surface area (Å²) in [5, 5.41) is 4.66. The van der Waals surface area contributed by atoms with Crippen LogP contribution in [0.25, 0.3) is 10.9 Å². The van der Waals surface area contributed by atoms with Gasteiger partial charge in [-0.25, -0.2) is 0 Å². The number of hydrogen-bond acceptors (Lipinski definition) is 3. The third-order valence-electron chi connectivity index (χ3n) is 4.24. The minimum Gasteiger partial charge on any atom is -0.314 e. The summed E-state index contributed by atoms with van der Waals surface area (Å²) in [6.45, 7) is 11.3. The SMILES string of the molecule is CC(C)(C)[C@H](c1ccc2ccccc2n1)N1CCNCC1. The van der Waals surface area contributed by atoms with Gasteiger partial charge in [0.15, 0.2) is 0 Å². The number of aromatic nitrogens is 1. The molecule has 1 saturated heterocycles. The van der Waals surface area contributed by atoms with E-state index in [1.807, 2.05) is 0 Å². The fourth-order valence-corrected chi connectivity index (χ4v) is 3.35. The molecule has 0 radical (unpaired) electrons. The number of rotatable bonds is 2. The van der Waals surface area contributed by atoms with Gasteiger partial charge in [0, 0.05) is 31.6 Å². The average Bonchev–Trinajstić information content (AvgIpc) is 2.47. The molecular weight excluding hydrogens is 258 g/mol. The van der Waals surface area contributed by atoms with E-state index in [9.17, 15) is 0 Å². The maximum atomic E-state index is 4.96. The quantitative estimate of drug-likeness (QED) is 0.917. The van der Waals surface area contributed by atoms with Gasteiger partial charge in [0.1, 0.15) is 0 Å². The van der Waals surface area contributed by atoms with Crippen LogP contribution in [-0.2, 0) is 0 Å². The molecule has 1 fully saturated rings. The second-order valence-electron chi connectivity index (χ2n) is 6.98. The Labute approximate surface area is 127 Å². The lowest BCUT2D eigenvalue weighted by molar-refractivity contribution is 0.0834. The van der Waals surface area contributed by atoms with Crippen molar-refractivity contribution in [2.24, 2.45) is 5.41 Å². The van der Waals surface area contributed by atoms with Gasteiger partial charge in [-0.3, -0.25) is 9.88 Å². The molecule has 112 valence electrons. The lowest BCUT2D eigenvalue weighted by Gasteiger charge is -2.42. The number of nitrogens with zero attached hydrogens (tertiary/aromatic N) is 2. The Morgan fingerprint density at radius 2 is 1.76 bits per heavy atom. The maximum Gasteiger partial charge on any atom is 0.0706 e. The first-order valence-electron chi connectivity index (χ1n) is 7.86. The smallest absolute Gasteiger partial charge is 0.0706 e. The van der Waals surface area contributed by atoms with Gasteiger partial charge in [0.25, 0.3) is 0 Å². The normalized spacial score (nSPS) is 18.8. The summed E-state index contributed by atoms with van der Waals surface area (Å²) in [6.07, 6.45) is 0. The zero-order valence-electron chi connectivity index (χ0n) is 13.3. The van der Waals surface area contributed by atoms with Crippen LogP contribution in [0.1, 0.15) is 32.5 Å². The maximum absolute atomic E-state index is 4.96. The Balaban J connectivity index is 2.01. The van der Waals surface area contributed by atoms with Crippen LogP contribution in [-0.4, -0.2) is 36.1 Å². The second kappa shape index (κ2) is 5.74. The molecule has 1 N–H and O–H groups in total. The van der Waals surface area contributed by atoms with Crippen molar-refractivity contribution in [1.29, 1.82) is 0 Å². The first-order valence-corrected chi connectivity index (χ1v) is 7.86. The van der Waals surface area contributed by atoms with Gasteiger partial charge in [-0.1, -0.05) is 45.0 Å². The summed E-state index contributed by atoms with van der Waals surface area (Å²) in [6, 6.07) is 13.2. The first kappa shape index (κ1) is 14.5. The largest absolute Gasteiger partial charge is 0.314 e. The Hall–Kier alpha value is -1.45. The van der Waals surface area contributed by atoms with Crippen LogP contribution in [0.2, 0.25) is 0 Å². The first-order chi connectivity index (χ1) is 10.1. The number of fused-ring (bicyclic) bond motifs is 1. The summed E-state index contributed by atoms with van der Waals surface area (Å²) < 4.78 is 0. The topological polar surface area (TPSA) is 28.2 Å². The van der Waals surface area contributed by atoms with Crippen molar-refractivity contribution in [3.63, 3.8) is 0 Å². The van der Waals surface area contributed by atoms with Gasteiger partial charge >= 0.3 is 0 Å². The van der Waals surface area contributed by atoms with E-state index in [-0.39, 0.29) is 5.41 Å². The van der Waals surface area contributed by atoms with Gasteiger partial charge in [-0.05, 0) is 17.5 Å². The fraction of sp³-hybridized carbons (Fsp3) is 0.500. The number of nitrogens with one attached hydrogen (secondary N) is 1. The van der Waals surface area contributed by atoms with E-state index < -0.39 is 0 Å². The van der Waals surface area contributed by atoms with Crippen molar-refractivity contribution < 1.29 is 0 Å². The summed E-state index contributed by atoms with van der Waals surface area (Å²) in [4.78, 5) is 7.53. The van der Waals surface area contributed by atoms with Crippen LogP contribution in [0.5, 0.6) is 0 Å². The highest BCUT2D eigenvalue weighted by atomic mass is 15.2. The highest BCUT2D eigenvalue weighted by Crippen LogP contribution is 2.37. The van der Waals surface area contributed by atoms with Crippen LogP contribution in [0.3, 0.4) is 0 Å². The van der Waals surface area contributed by atoms with Crippen molar-refractivity contribution in [2.45, 2.75) is 26.8 Å². The Kier molecular flexibility index (Phi) is 3.96. The molecule has 0 saturated carbocycles. The van der Waals surface area contributed by atoms with E-state index in [0.29, 0.717) is 6.04 Å². The number of para-hydroxylation sites is 1. The molecule has 3 rings (SSSR count). The molecular formula is C18H25N3. The minimum absolute atomic E-state index is 0.173. The van der Waals surface area contributed by atoms with Crippen LogP contribution in [0, 0.1) is 5.41 Å². The number of pyridine rings is 1. The molecule has 0 aliphatic carbocycles. The van der Waals surface area contributed by atoms with E-state index >= 15 is 0 Å². The van der Waals surface area contributed by atoms with E-state index in [2.05, 4.69) is 67.4 Å². The molecule has 1 atom stereocenters. The van der Waals surface area contributed by atoms with Crippen molar-refractivity contribution in [2.75, 3.05) is 26.2 Å². The van der Waals surface area contributed by atoms with Gasteiger partial charge in [-0.2, -0.15) is 0 Å². The summed E-state index contributed by atoms with van der Waals surface area (Å²) in [5.74, 6) is 0. The Morgan fingerprint density at radius 3 is 2.48 bits per heavy atom. The molecule has 1 aliphatic rings. The Morgan fingerprint density at radius 1 is 1.05 bits per heavy atom. The van der Waals surface area contributed by atoms with Gasteiger partial charge in [-0.15, -0.1) is 0 Å². The van der Waals surface area contributed by atoms with Crippen molar-refractivity contribution >= 4 is 10.9 Å². The van der Waals surface area contributed by atoms with Gasteiger partial charge in [0.2, 0.25) is 0 Å². The van der Waals surface area contributed by atoms with Crippen molar-refractivity contribution in [3.05, 3.63) is 42.1 Å². The van der Waals surface area contributed by atoms with Crippen LogP contribution in [0.15, 0.2) is 36.4 Å². The lowest BCUT2D eigenvalue weighted by Crippen LogP contribution is -2.48. The molecule has 0 bridgehead atoms. The standard InChI is InChI=1S/C18H25N3/c1-18(2,3)17(21-12-10-19-11-13-21)16-9-8-14-6-4-5-7-15(14)20-16/h4-9,17,19H,10-13H2,1-3H3/t17-/m0/s1. The zero-order valence-corrected chi connectivity index (χ0v) is 13.3. The predicted molar refractivity (Wildman–Crippen MR) is 88.4 cm³/mol. The zero-order chi connectivity index (χ0) is 14.9. The molecule has 0 spiro atoms. The molecule has 1 aromatic heterocycles. The summed E-state index contributed by atoms with van der Waals surface area (Å²) in [5.41, 5.74) is 2.47. The van der Waals surface area contributed by atoms with Gasteiger partial charge < -0.3 is 5.32 Å². The molecule has 0 unspecified atom stereocenters. The van der Waals surface area contributed by atoms with Crippen LogP contribution < -0.4 is 5.32 Å². The van der Waals surface area contributed by atoms with Gasteiger partial charge in [0.05, 0.1) is 17.3 Å². The molecule has 1 aliphatic heterocycles. The van der Waals surface area contributed by atoms with Crippen molar-refractivity contribution in [1.82, 2.24) is 15.2 Å². The molecule has 2 heterocycles. The molecule has 3 nitrogen and oxygen atoms in total. The molecule has 2 aromatic rings. The monoisotopic (exact) mass is 283 g/mol. The third kappa shape index (κ3) is 3.09. The number of hydrogen-bond donors (Lipinski definition) is 1. The molecule has 21 heavy (non-hydrogen) atoms. The van der Waals surface area contributed by atoms with E-state index in [4.69, 9.17) is 4.98 Å². The lowest BCUT2D eigenvalue weighted by atomic mass is 9.83. The highest BCUT2D eigenvalue weighted by molar-refractivity contribution is 5.78. The minimum atomic E-state index is 0.173. The highest BCUT2D eigenvalue weighted by Gasteiger charge is 2.33. The van der Waals surface area contributed by atoms with Crippen LogP contribution >= 0.6 is 0 Å². The Bertz CT molecular complexity index is 609. The molecule has 1 aromatic carbocycles. The fourth-order valence-electron chi connectivity index (χ4n) is 3.35. The van der Waals surface area contributed by atoms with E-state index in [0.717, 1.165) is 31.7 Å². The second-order valence-corrected chi connectivity index (χ2v) is 6.98. The third-order valence-corrected chi connectivity index (χ3v) is 4.24. The summed E-state index contributed by atoms with van der Waals surface area (Å²) >= 11 is 0. The predicted octanol–water partition coefficient (Wildman–Crippen LogP) is 3.23.